The van der Waals surface area contributed by atoms with E-state index in [4.69, 9.17) is 5.11 Å². The van der Waals surface area contributed by atoms with Gasteiger partial charge in [0, 0.05) is 11.6 Å². The maximum absolute atomic E-state index is 10.3. The maximum atomic E-state index is 10.3. The monoisotopic (exact) mass is 344 g/mol. The van der Waals surface area contributed by atoms with Crippen LogP contribution in [0.4, 0.5) is 0 Å². The molecular formula is C21H28O4. The van der Waals surface area contributed by atoms with Gasteiger partial charge in [0.05, 0.1) is 6.61 Å². The van der Waals surface area contributed by atoms with Gasteiger partial charge >= 0.3 is 11.9 Å². The Kier molecular flexibility index (Phi) is 15.6. The summed E-state index contributed by atoms with van der Waals surface area (Å²) in [5.41, 5.74) is 2.45. The smallest absolute Gasteiger partial charge is 0.330 e. The molecule has 25 heavy (non-hydrogen) atoms. The summed E-state index contributed by atoms with van der Waals surface area (Å²) in [7, 11) is 0. The van der Waals surface area contributed by atoms with Crippen molar-refractivity contribution >= 4 is 24.1 Å². The van der Waals surface area contributed by atoms with Crippen LogP contribution >= 0.6 is 0 Å². The van der Waals surface area contributed by atoms with Crippen LogP contribution in [0.5, 0.6) is 0 Å². The van der Waals surface area contributed by atoms with E-state index in [1.165, 1.54) is 13.0 Å². The highest BCUT2D eigenvalue weighted by molar-refractivity contribution is 5.84. The molecule has 4 nitrogen and oxygen atoms in total. The minimum absolute atomic E-state index is 0.176. The quantitative estimate of drug-likeness (QED) is 0.423. The largest absolute Gasteiger partial charge is 0.478 e. The molecule has 1 rings (SSSR count). The number of carbonyl (C=O) groups is 2. The summed E-state index contributed by atoms with van der Waals surface area (Å²) in [6.45, 7) is 17.8. The van der Waals surface area contributed by atoms with Crippen molar-refractivity contribution in [3.8, 4) is 0 Å². The number of ether oxygens (including phenoxy) is 1. The van der Waals surface area contributed by atoms with Crippen LogP contribution in [0.25, 0.3) is 12.2 Å². The summed E-state index contributed by atoms with van der Waals surface area (Å²) in [5, 5.41) is 7.89. The highest BCUT2D eigenvalue weighted by atomic mass is 16.5. The van der Waals surface area contributed by atoms with Crippen molar-refractivity contribution in [3.63, 3.8) is 0 Å². The number of hydrogen-bond acceptors (Lipinski definition) is 3. The van der Waals surface area contributed by atoms with Crippen molar-refractivity contribution in [3.05, 3.63) is 73.4 Å². The van der Waals surface area contributed by atoms with Gasteiger partial charge in [-0.15, -0.1) is 0 Å². The van der Waals surface area contributed by atoms with E-state index >= 15 is 0 Å². The lowest BCUT2D eigenvalue weighted by Crippen LogP contribution is -2.00. The van der Waals surface area contributed by atoms with E-state index in [9.17, 15) is 9.59 Å². The van der Waals surface area contributed by atoms with Crippen molar-refractivity contribution in [1.29, 1.82) is 0 Å². The Morgan fingerprint density at radius 2 is 1.56 bits per heavy atom. The summed E-state index contributed by atoms with van der Waals surface area (Å²) >= 11 is 0. The number of carboxylic acids is 1. The minimum atomic E-state index is -0.935. The first-order valence-electron chi connectivity index (χ1n) is 7.85. The lowest BCUT2D eigenvalue weighted by molar-refractivity contribution is -0.138. The molecule has 136 valence electrons. The van der Waals surface area contributed by atoms with Gasteiger partial charge < -0.3 is 9.84 Å². The van der Waals surface area contributed by atoms with E-state index < -0.39 is 5.97 Å². The highest BCUT2D eigenvalue weighted by Gasteiger charge is 1.91. The maximum Gasteiger partial charge on any atom is 0.330 e. The molecule has 0 aliphatic carbocycles. The third-order valence-corrected chi connectivity index (χ3v) is 2.71. The van der Waals surface area contributed by atoms with E-state index in [0.717, 1.165) is 24.0 Å². The van der Waals surface area contributed by atoms with Gasteiger partial charge in [0.1, 0.15) is 0 Å². The molecule has 1 N–H and O–H groups in total. The predicted molar refractivity (Wildman–Crippen MR) is 105 cm³/mol. The number of benzene rings is 1. The Balaban J connectivity index is 0. The first-order chi connectivity index (χ1) is 11.8. The Morgan fingerprint density at radius 1 is 1.12 bits per heavy atom. The third-order valence-electron chi connectivity index (χ3n) is 2.71. The number of esters is 1. The zero-order chi connectivity index (χ0) is 19.7. The molecule has 0 aliphatic heterocycles. The van der Waals surface area contributed by atoms with Crippen LogP contribution in [0.1, 0.15) is 37.8 Å². The topological polar surface area (TPSA) is 63.6 Å². The predicted octanol–water partition coefficient (Wildman–Crippen LogP) is 5.14. The summed E-state index contributed by atoms with van der Waals surface area (Å²) in [4.78, 5) is 19.9. The zero-order valence-electron chi connectivity index (χ0n) is 15.2. The number of carboxylic acid groups (broad SMARTS) is 1. The van der Waals surface area contributed by atoms with Gasteiger partial charge in [0.2, 0.25) is 0 Å². The molecule has 1 aromatic rings. The van der Waals surface area contributed by atoms with Gasteiger partial charge in [-0.05, 0) is 24.5 Å². The average Bonchev–Trinajstić information content (AvgIpc) is 2.62. The van der Waals surface area contributed by atoms with Gasteiger partial charge in [-0.1, -0.05) is 76.1 Å². The third kappa shape index (κ3) is 14.4. The SMILES string of the molecule is C=C(C)C(=O)O.C=CC(=O)OCCCC.C=Cc1ccccc1C=C. The van der Waals surface area contributed by atoms with Crippen molar-refractivity contribution in [2.45, 2.75) is 26.7 Å². The van der Waals surface area contributed by atoms with Crippen molar-refractivity contribution in [2.75, 3.05) is 6.61 Å². The van der Waals surface area contributed by atoms with E-state index in [1.807, 2.05) is 43.3 Å². The molecular weight excluding hydrogens is 316 g/mol. The lowest BCUT2D eigenvalue weighted by atomic mass is 10.1. The average molecular weight is 344 g/mol. The first kappa shape index (κ1) is 24.4. The Hall–Kier alpha value is -2.88. The highest BCUT2D eigenvalue weighted by Crippen LogP contribution is 2.10. The molecule has 0 atom stereocenters. The number of carbonyl (C=O) groups excluding carboxylic acids is 1. The molecule has 0 saturated carbocycles. The standard InChI is InChI=1S/C10H10.C7H12O2.C4H6O2/c1-3-9-7-5-6-8-10(9)4-2;1-3-5-6-9-7(8)4-2;1-3(2)4(5)6/h3-8H,1-2H2;4H,2-3,5-6H2,1H3;1H2,2H3,(H,5,6). The molecule has 0 fully saturated rings. The van der Waals surface area contributed by atoms with Crippen molar-refractivity contribution in [1.82, 2.24) is 0 Å². The fourth-order valence-corrected chi connectivity index (χ4v) is 1.26. The van der Waals surface area contributed by atoms with Crippen LogP contribution in [-0.2, 0) is 14.3 Å². The van der Waals surface area contributed by atoms with Crippen LogP contribution < -0.4 is 0 Å². The second-order valence-corrected chi connectivity index (χ2v) is 4.85. The van der Waals surface area contributed by atoms with Crippen LogP contribution in [0.3, 0.4) is 0 Å². The minimum Gasteiger partial charge on any atom is -0.478 e. The van der Waals surface area contributed by atoms with Crippen molar-refractivity contribution < 1.29 is 19.4 Å². The normalized spacial score (nSPS) is 8.40. The lowest BCUT2D eigenvalue weighted by Gasteiger charge is -1.97. The first-order valence-corrected chi connectivity index (χ1v) is 7.85. The number of rotatable bonds is 7. The Morgan fingerprint density at radius 3 is 1.84 bits per heavy atom. The van der Waals surface area contributed by atoms with Crippen molar-refractivity contribution in [2.24, 2.45) is 0 Å². The molecule has 0 heterocycles. The summed E-state index contributed by atoms with van der Waals surface area (Å²) < 4.78 is 4.67. The molecule has 0 amide bonds. The van der Waals surface area contributed by atoms with E-state index in [-0.39, 0.29) is 11.5 Å². The number of hydrogen-bond donors (Lipinski definition) is 1. The van der Waals surface area contributed by atoms with Crippen LogP contribution in [0.15, 0.2) is 62.2 Å². The molecule has 0 unspecified atom stereocenters. The van der Waals surface area contributed by atoms with Gasteiger partial charge in [-0.3, -0.25) is 0 Å². The number of aliphatic carboxylic acids is 1. The van der Waals surface area contributed by atoms with E-state index in [2.05, 4.69) is 31.1 Å². The van der Waals surface area contributed by atoms with Gasteiger partial charge in [0.15, 0.2) is 0 Å². The molecule has 1 aromatic carbocycles. The molecule has 0 aliphatic rings. The number of unbranched alkanes of at least 4 members (excludes halogenated alkanes) is 1. The Labute approximate surface area is 150 Å². The van der Waals surface area contributed by atoms with E-state index in [0.29, 0.717) is 6.61 Å². The zero-order valence-corrected chi connectivity index (χ0v) is 15.2. The fraction of sp³-hybridized carbons (Fsp3) is 0.238. The van der Waals surface area contributed by atoms with Gasteiger partial charge in [0.25, 0.3) is 0 Å². The second-order valence-electron chi connectivity index (χ2n) is 4.85. The summed E-state index contributed by atoms with van der Waals surface area (Å²) in [6.07, 6.45) is 6.81. The summed E-state index contributed by atoms with van der Waals surface area (Å²) in [5.74, 6) is -1.27. The van der Waals surface area contributed by atoms with Gasteiger partial charge in [-0.25, -0.2) is 9.59 Å². The van der Waals surface area contributed by atoms with Gasteiger partial charge in [-0.2, -0.15) is 0 Å². The second kappa shape index (κ2) is 16.0. The molecule has 0 radical (unpaired) electrons. The Bertz CT molecular complexity index is 546. The van der Waals surface area contributed by atoms with Crippen LogP contribution in [0.2, 0.25) is 0 Å². The van der Waals surface area contributed by atoms with Crippen LogP contribution in [0, 0.1) is 0 Å². The molecule has 4 heteroatoms. The van der Waals surface area contributed by atoms with Crippen LogP contribution in [-0.4, -0.2) is 23.7 Å². The van der Waals surface area contributed by atoms with E-state index in [1.54, 1.807) is 0 Å². The molecule has 0 saturated heterocycles. The summed E-state index contributed by atoms with van der Waals surface area (Å²) in [6, 6.07) is 8.02. The fourth-order valence-electron chi connectivity index (χ4n) is 1.26. The molecule has 0 spiro atoms. The molecule has 0 bridgehead atoms. The molecule has 0 aromatic heterocycles.